The first kappa shape index (κ1) is 16.1. The summed E-state index contributed by atoms with van der Waals surface area (Å²) < 4.78 is 6.91. The van der Waals surface area contributed by atoms with E-state index in [0.29, 0.717) is 21.9 Å². The van der Waals surface area contributed by atoms with E-state index >= 15 is 0 Å². The first-order chi connectivity index (χ1) is 12.7. The SMILES string of the molecule is COc1ccc(-c2c(C#N)cnc3cc(-c4ccc(Cl)cc4)nn23)cc1. The number of halogens is 1. The lowest BCUT2D eigenvalue weighted by atomic mass is 10.1. The Bertz CT molecular complexity index is 1130. The molecule has 4 rings (SSSR count). The third kappa shape index (κ3) is 2.77. The number of rotatable bonds is 3. The highest BCUT2D eigenvalue weighted by molar-refractivity contribution is 6.30. The van der Waals surface area contributed by atoms with Gasteiger partial charge in [0.25, 0.3) is 0 Å². The van der Waals surface area contributed by atoms with E-state index in [0.717, 1.165) is 22.6 Å². The van der Waals surface area contributed by atoms with Crippen molar-refractivity contribution in [3.63, 3.8) is 0 Å². The Morgan fingerprint density at radius 2 is 1.73 bits per heavy atom. The number of fused-ring (bicyclic) bond motifs is 1. The van der Waals surface area contributed by atoms with Crippen molar-refractivity contribution in [3.05, 3.63) is 71.4 Å². The van der Waals surface area contributed by atoms with Crippen molar-refractivity contribution in [2.45, 2.75) is 0 Å². The predicted molar refractivity (Wildman–Crippen MR) is 100 cm³/mol. The molecule has 0 radical (unpaired) electrons. The van der Waals surface area contributed by atoms with Crippen molar-refractivity contribution in [2.24, 2.45) is 0 Å². The minimum atomic E-state index is 0.452. The smallest absolute Gasteiger partial charge is 0.156 e. The summed E-state index contributed by atoms with van der Waals surface area (Å²) in [6.45, 7) is 0. The standard InChI is InChI=1S/C20H13ClN4O/c1-26-17-8-4-14(5-9-17)20-15(11-22)12-23-19-10-18(24-25(19)20)13-2-6-16(21)7-3-13/h2-10,12H,1H3. The van der Waals surface area contributed by atoms with Gasteiger partial charge in [-0.05, 0) is 36.4 Å². The molecular formula is C20H13ClN4O. The van der Waals surface area contributed by atoms with Gasteiger partial charge < -0.3 is 4.74 Å². The van der Waals surface area contributed by atoms with Crippen LogP contribution in [0.25, 0.3) is 28.2 Å². The number of hydrogen-bond acceptors (Lipinski definition) is 4. The maximum atomic E-state index is 9.52. The van der Waals surface area contributed by atoms with Crippen molar-refractivity contribution >= 4 is 17.2 Å². The molecule has 2 aromatic carbocycles. The van der Waals surface area contributed by atoms with E-state index in [4.69, 9.17) is 16.3 Å². The van der Waals surface area contributed by atoms with Gasteiger partial charge in [-0.25, -0.2) is 9.50 Å². The van der Waals surface area contributed by atoms with Crippen LogP contribution in [0.3, 0.4) is 0 Å². The highest BCUT2D eigenvalue weighted by Gasteiger charge is 2.14. The highest BCUT2D eigenvalue weighted by atomic mass is 35.5. The molecule has 0 N–H and O–H groups in total. The summed E-state index contributed by atoms with van der Waals surface area (Å²) in [5.74, 6) is 0.750. The number of hydrogen-bond donors (Lipinski definition) is 0. The molecule has 0 saturated heterocycles. The van der Waals surface area contributed by atoms with Gasteiger partial charge in [0.05, 0.1) is 24.1 Å². The first-order valence-corrected chi connectivity index (χ1v) is 8.26. The van der Waals surface area contributed by atoms with Crippen molar-refractivity contribution < 1.29 is 4.74 Å². The Kier molecular flexibility index (Phi) is 4.04. The van der Waals surface area contributed by atoms with E-state index in [2.05, 4.69) is 16.2 Å². The second-order valence-electron chi connectivity index (χ2n) is 5.67. The monoisotopic (exact) mass is 360 g/mol. The van der Waals surface area contributed by atoms with Gasteiger partial charge in [0, 0.05) is 28.4 Å². The summed E-state index contributed by atoms with van der Waals surface area (Å²) in [6, 6.07) is 19.0. The average Bonchev–Trinajstić information content (AvgIpc) is 3.12. The lowest BCUT2D eigenvalue weighted by Crippen LogP contribution is -2.00. The summed E-state index contributed by atoms with van der Waals surface area (Å²) in [7, 11) is 1.62. The van der Waals surface area contributed by atoms with Crippen LogP contribution >= 0.6 is 11.6 Å². The van der Waals surface area contributed by atoms with Crippen LogP contribution in [0, 0.1) is 11.3 Å². The summed E-state index contributed by atoms with van der Waals surface area (Å²) in [6.07, 6.45) is 1.57. The first-order valence-electron chi connectivity index (χ1n) is 7.89. The van der Waals surface area contributed by atoms with E-state index in [1.54, 1.807) is 17.8 Å². The topological polar surface area (TPSA) is 63.2 Å². The quantitative estimate of drug-likeness (QED) is 0.535. The summed E-state index contributed by atoms with van der Waals surface area (Å²) >= 11 is 5.96. The number of nitrogens with zero attached hydrogens (tertiary/aromatic N) is 4. The van der Waals surface area contributed by atoms with Gasteiger partial charge in [-0.15, -0.1) is 0 Å². The van der Waals surface area contributed by atoms with Gasteiger partial charge in [-0.3, -0.25) is 0 Å². The van der Waals surface area contributed by atoms with Crippen LogP contribution in [0.4, 0.5) is 0 Å². The van der Waals surface area contributed by atoms with E-state index in [9.17, 15) is 5.26 Å². The zero-order valence-corrected chi connectivity index (χ0v) is 14.6. The Morgan fingerprint density at radius 1 is 1.04 bits per heavy atom. The molecule has 2 heterocycles. The molecule has 0 spiro atoms. The minimum absolute atomic E-state index is 0.452. The van der Waals surface area contributed by atoms with Crippen LogP contribution in [0.1, 0.15) is 5.56 Å². The van der Waals surface area contributed by atoms with Crippen molar-refractivity contribution in [3.8, 4) is 34.3 Å². The fourth-order valence-electron chi connectivity index (χ4n) is 2.80. The molecular weight excluding hydrogens is 348 g/mol. The number of methoxy groups -OCH3 is 1. The number of ether oxygens (including phenoxy) is 1. The molecule has 0 atom stereocenters. The van der Waals surface area contributed by atoms with Crippen LogP contribution in [0.5, 0.6) is 5.75 Å². The van der Waals surface area contributed by atoms with E-state index in [-0.39, 0.29) is 0 Å². The lowest BCUT2D eigenvalue weighted by molar-refractivity contribution is 0.415. The Labute approximate surface area is 155 Å². The second-order valence-corrected chi connectivity index (χ2v) is 6.10. The highest BCUT2D eigenvalue weighted by Crippen LogP contribution is 2.28. The normalized spacial score (nSPS) is 10.7. The van der Waals surface area contributed by atoms with Crippen molar-refractivity contribution in [1.82, 2.24) is 14.6 Å². The summed E-state index contributed by atoms with van der Waals surface area (Å²) in [5.41, 5.74) is 4.37. The largest absolute Gasteiger partial charge is 0.497 e. The maximum absolute atomic E-state index is 9.52. The van der Waals surface area contributed by atoms with Crippen LogP contribution in [-0.4, -0.2) is 21.7 Å². The second kappa shape index (κ2) is 6.51. The number of nitriles is 1. The minimum Gasteiger partial charge on any atom is -0.497 e. The molecule has 4 aromatic rings. The van der Waals surface area contributed by atoms with E-state index in [1.165, 1.54) is 0 Å². The van der Waals surface area contributed by atoms with Gasteiger partial charge >= 0.3 is 0 Å². The molecule has 0 aliphatic heterocycles. The van der Waals surface area contributed by atoms with Gasteiger partial charge in [0.2, 0.25) is 0 Å². The summed E-state index contributed by atoms with van der Waals surface area (Å²) in [5, 5.41) is 14.9. The fraction of sp³-hybridized carbons (Fsp3) is 0.0500. The van der Waals surface area contributed by atoms with Gasteiger partial charge in [0.15, 0.2) is 5.65 Å². The third-order valence-electron chi connectivity index (χ3n) is 4.11. The molecule has 0 aliphatic carbocycles. The summed E-state index contributed by atoms with van der Waals surface area (Å²) in [4.78, 5) is 4.36. The number of benzene rings is 2. The Morgan fingerprint density at radius 3 is 2.38 bits per heavy atom. The number of aromatic nitrogens is 3. The average molecular weight is 361 g/mol. The van der Waals surface area contributed by atoms with E-state index < -0.39 is 0 Å². The Balaban J connectivity index is 1.92. The zero-order valence-electron chi connectivity index (χ0n) is 13.8. The molecule has 26 heavy (non-hydrogen) atoms. The van der Waals surface area contributed by atoms with Gasteiger partial charge in [0.1, 0.15) is 11.8 Å². The molecule has 6 heteroatoms. The molecule has 0 bridgehead atoms. The fourth-order valence-corrected chi connectivity index (χ4v) is 2.93. The van der Waals surface area contributed by atoms with Crippen LogP contribution in [0.15, 0.2) is 60.8 Å². The molecule has 5 nitrogen and oxygen atoms in total. The zero-order chi connectivity index (χ0) is 18.1. The predicted octanol–water partition coefficient (Wildman–Crippen LogP) is 4.60. The molecule has 0 amide bonds. The molecule has 0 unspecified atom stereocenters. The van der Waals surface area contributed by atoms with E-state index in [1.807, 2.05) is 54.6 Å². The molecule has 0 aliphatic rings. The van der Waals surface area contributed by atoms with Crippen LogP contribution < -0.4 is 4.74 Å². The van der Waals surface area contributed by atoms with Crippen LogP contribution in [0.2, 0.25) is 5.02 Å². The molecule has 2 aromatic heterocycles. The van der Waals surface area contributed by atoms with Gasteiger partial charge in [-0.1, -0.05) is 23.7 Å². The Hall–Kier alpha value is -3.36. The lowest BCUT2D eigenvalue weighted by Gasteiger charge is -2.08. The molecule has 0 saturated carbocycles. The maximum Gasteiger partial charge on any atom is 0.156 e. The van der Waals surface area contributed by atoms with Gasteiger partial charge in [-0.2, -0.15) is 10.4 Å². The molecule has 0 fully saturated rings. The van der Waals surface area contributed by atoms with Crippen LogP contribution in [-0.2, 0) is 0 Å². The van der Waals surface area contributed by atoms with Crippen molar-refractivity contribution in [1.29, 1.82) is 5.26 Å². The third-order valence-corrected chi connectivity index (χ3v) is 4.36. The van der Waals surface area contributed by atoms with Crippen molar-refractivity contribution in [2.75, 3.05) is 7.11 Å². The molecule has 126 valence electrons.